The maximum atomic E-state index is 6.37. The van der Waals surface area contributed by atoms with Gasteiger partial charge in [-0.3, -0.25) is 0 Å². The fourth-order valence-corrected chi connectivity index (χ4v) is 4.06. The van der Waals surface area contributed by atoms with Crippen molar-refractivity contribution in [1.82, 2.24) is 0 Å². The van der Waals surface area contributed by atoms with Gasteiger partial charge in [0.25, 0.3) is 0 Å². The van der Waals surface area contributed by atoms with Crippen molar-refractivity contribution >= 4 is 5.69 Å². The first kappa shape index (κ1) is 15.7. The first-order chi connectivity index (χ1) is 10.6. The van der Waals surface area contributed by atoms with E-state index in [4.69, 9.17) is 4.74 Å². The van der Waals surface area contributed by atoms with Crippen LogP contribution >= 0.6 is 0 Å². The third-order valence-electron chi connectivity index (χ3n) is 5.53. The topological polar surface area (TPSA) is 12.5 Å². The molecular weight excluding hydrogens is 270 g/mol. The molecule has 0 N–H and O–H groups in total. The zero-order valence-electron chi connectivity index (χ0n) is 14.3. The largest absolute Gasteiger partial charge is 0.488 e. The van der Waals surface area contributed by atoms with Gasteiger partial charge < -0.3 is 9.64 Å². The SMILES string of the molecule is CC(C)(Oc1ccc(N2CCCCC2)cc1)C1CCCCC1. The number of anilines is 1. The average Bonchev–Trinajstić information content (AvgIpc) is 2.57. The first-order valence-electron chi connectivity index (χ1n) is 9.19. The zero-order valence-corrected chi connectivity index (χ0v) is 14.3. The minimum Gasteiger partial charge on any atom is -0.488 e. The molecule has 1 aliphatic carbocycles. The molecule has 1 saturated heterocycles. The van der Waals surface area contributed by atoms with Gasteiger partial charge in [0.1, 0.15) is 11.4 Å². The highest BCUT2D eigenvalue weighted by Gasteiger charge is 2.32. The molecule has 1 aromatic rings. The lowest BCUT2D eigenvalue weighted by Gasteiger charge is -2.37. The quantitative estimate of drug-likeness (QED) is 0.736. The highest BCUT2D eigenvalue weighted by Crippen LogP contribution is 2.36. The first-order valence-corrected chi connectivity index (χ1v) is 9.19. The Morgan fingerprint density at radius 2 is 1.45 bits per heavy atom. The van der Waals surface area contributed by atoms with Gasteiger partial charge in [-0.05, 0) is 76.1 Å². The molecule has 3 rings (SSSR count). The van der Waals surface area contributed by atoms with Gasteiger partial charge in [-0.1, -0.05) is 19.3 Å². The molecule has 0 unspecified atom stereocenters. The van der Waals surface area contributed by atoms with Crippen LogP contribution < -0.4 is 9.64 Å². The second-order valence-electron chi connectivity index (χ2n) is 7.58. The molecule has 0 radical (unpaired) electrons. The van der Waals surface area contributed by atoms with Crippen molar-refractivity contribution in [2.45, 2.75) is 70.8 Å². The Morgan fingerprint density at radius 3 is 2.09 bits per heavy atom. The lowest BCUT2D eigenvalue weighted by atomic mass is 9.79. The van der Waals surface area contributed by atoms with Crippen molar-refractivity contribution in [3.8, 4) is 5.75 Å². The number of ether oxygens (including phenoxy) is 1. The monoisotopic (exact) mass is 301 g/mol. The summed E-state index contributed by atoms with van der Waals surface area (Å²) < 4.78 is 6.37. The van der Waals surface area contributed by atoms with Gasteiger partial charge in [-0.15, -0.1) is 0 Å². The molecule has 0 aromatic heterocycles. The highest BCUT2D eigenvalue weighted by molar-refractivity contribution is 5.49. The Labute approximate surface area is 135 Å². The Morgan fingerprint density at radius 1 is 0.864 bits per heavy atom. The van der Waals surface area contributed by atoms with Gasteiger partial charge in [-0.25, -0.2) is 0 Å². The van der Waals surface area contributed by atoms with Crippen LogP contribution in [0.1, 0.15) is 65.2 Å². The molecule has 1 heterocycles. The van der Waals surface area contributed by atoms with E-state index in [1.165, 1.54) is 70.1 Å². The lowest BCUT2D eigenvalue weighted by Crippen LogP contribution is -2.38. The Balaban J connectivity index is 1.62. The molecule has 0 amide bonds. The summed E-state index contributed by atoms with van der Waals surface area (Å²) in [5, 5.41) is 0. The predicted octanol–water partition coefficient (Wildman–Crippen LogP) is 5.41. The summed E-state index contributed by atoms with van der Waals surface area (Å²) in [5.41, 5.74) is 1.30. The van der Waals surface area contributed by atoms with Crippen LogP contribution in [0.2, 0.25) is 0 Å². The van der Waals surface area contributed by atoms with Crippen LogP contribution in [-0.2, 0) is 0 Å². The number of hydrogen-bond donors (Lipinski definition) is 0. The van der Waals surface area contributed by atoms with E-state index < -0.39 is 0 Å². The number of benzene rings is 1. The average molecular weight is 301 g/mol. The molecule has 0 bridgehead atoms. The van der Waals surface area contributed by atoms with Crippen LogP contribution in [0.25, 0.3) is 0 Å². The molecule has 2 nitrogen and oxygen atoms in total. The summed E-state index contributed by atoms with van der Waals surface area (Å²) in [6.45, 7) is 6.94. The smallest absolute Gasteiger partial charge is 0.120 e. The van der Waals surface area contributed by atoms with E-state index in [1.54, 1.807) is 0 Å². The van der Waals surface area contributed by atoms with Gasteiger partial charge in [0.05, 0.1) is 0 Å². The summed E-state index contributed by atoms with van der Waals surface area (Å²) in [7, 11) is 0. The van der Waals surface area contributed by atoms with Crippen LogP contribution in [0.3, 0.4) is 0 Å². The lowest BCUT2D eigenvalue weighted by molar-refractivity contribution is 0.0252. The van der Waals surface area contributed by atoms with Gasteiger partial charge in [0, 0.05) is 18.8 Å². The molecular formula is C20H31NO. The van der Waals surface area contributed by atoms with Crippen LogP contribution in [0.4, 0.5) is 5.69 Å². The molecule has 1 aliphatic heterocycles. The second-order valence-corrected chi connectivity index (χ2v) is 7.58. The maximum absolute atomic E-state index is 6.37. The molecule has 2 aliphatic rings. The highest BCUT2D eigenvalue weighted by atomic mass is 16.5. The molecule has 1 aromatic carbocycles. The van der Waals surface area contributed by atoms with E-state index in [9.17, 15) is 0 Å². The Bertz CT molecular complexity index is 453. The van der Waals surface area contributed by atoms with Gasteiger partial charge in [0.15, 0.2) is 0 Å². The van der Waals surface area contributed by atoms with Gasteiger partial charge in [-0.2, -0.15) is 0 Å². The summed E-state index contributed by atoms with van der Waals surface area (Å²) in [6, 6.07) is 8.79. The van der Waals surface area contributed by atoms with Crippen molar-refractivity contribution < 1.29 is 4.74 Å². The van der Waals surface area contributed by atoms with Crippen molar-refractivity contribution in [3.05, 3.63) is 24.3 Å². The van der Waals surface area contributed by atoms with E-state index in [2.05, 4.69) is 43.0 Å². The molecule has 2 fully saturated rings. The Hall–Kier alpha value is -1.18. The maximum Gasteiger partial charge on any atom is 0.120 e. The molecule has 0 spiro atoms. The minimum atomic E-state index is -0.0486. The van der Waals surface area contributed by atoms with Gasteiger partial charge >= 0.3 is 0 Å². The van der Waals surface area contributed by atoms with Crippen molar-refractivity contribution in [2.24, 2.45) is 5.92 Å². The van der Waals surface area contributed by atoms with Crippen molar-refractivity contribution in [2.75, 3.05) is 18.0 Å². The molecule has 22 heavy (non-hydrogen) atoms. The van der Waals surface area contributed by atoms with Gasteiger partial charge in [0.2, 0.25) is 0 Å². The number of rotatable bonds is 4. The van der Waals surface area contributed by atoms with Crippen LogP contribution in [0.5, 0.6) is 5.75 Å². The molecule has 122 valence electrons. The summed E-state index contributed by atoms with van der Waals surface area (Å²) in [5.74, 6) is 1.72. The second kappa shape index (κ2) is 6.93. The summed E-state index contributed by atoms with van der Waals surface area (Å²) >= 11 is 0. The number of piperidine rings is 1. The predicted molar refractivity (Wildman–Crippen MR) is 93.8 cm³/mol. The standard InChI is InChI=1S/C20H31NO/c1-20(2,17-9-5-3-6-10-17)22-19-13-11-18(12-14-19)21-15-7-4-8-16-21/h11-14,17H,3-10,15-16H2,1-2H3. The molecule has 1 saturated carbocycles. The fourth-order valence-electron chi connectivity index (χ4n) is 4.06. The fraction of sp³-hybridized carbons (Fsp3) is 0.700. The number of hydrogen-bond acceptors (Lipinski definition) is 2. The van der Waals surface area contributed by atoms with Crippen molar-refractivity contribution in [3.63, 3.8) is 0 Å². The normalized spacial score (nSPS) is 20.9. The van der Waals surface area contributed by atoms with Crippen LogP contribution in [0.15, 0.2) is 24.3 Å². The van der Waals surface area contributed by atoms with Crippen LogP contribution in [-0.4, -0.2) is 18.7 Å². The summed E-state index contributed by atoms with van der Waals surface area (Å²) in [6.07, 6.45) is 10.8. The van der Waals surface area contributed by atoms with E-state index in [0.717, 1.165) is 5.75 Å². The van der Waals surface area contributed by atoms with E-state index in [1.807, 2.05) is 0 Å². The minimum absolute atomic E-state index is 0.0486. The molecule has 0 atom stereocenters. The Kier molecular flexibility index (Phi) is 4.95. The van der Waals surface area contributed by atoms with E-state index in [-0.39, 0.29) is 5.60 Å². The summed E-state index contributed by atoms with van der Waals surface area (Å²) in [4.78, 5) is 2.50. The van der Waals surface area contributed by atoms with Crippen molar-refractivity contribution in [1.29, 1.82) is 0 Å². The molecule has 2 heteroatoms. The van der Waals surface area contributed by atoms with E-state index in [0.29, 0.717) is 5.92 Å². The van der Waals surface area contributed by atoms with E-state index >= 15 is 0 Å². The zero-order chi connectivity index (χ0) is 15.4. The van der Waals surface area contributed by atoms with Crippen LogP contribution in [0, 0.1) is 5.92 Å². The third kappa shape index (κ3) is 3.77. The number of nitrogens with zero attached hydrogens (tertiary/aromatic N) is 1. The third-order valence-corrected chi connectivity index (χ3v) is 5.53.